The molecule has 0 unspecified atom stereocenters. The number of nitrogens with zero attached hydrogens (tertiary/aromatic N) is 3. The number of fused-ring (bicyclic) bond motifs is 1. The van der Waals surface area contributed by atoms with E-state index in [0.717, 1.165) is 0 Å². The molecule has 2 heterocycles. The maximum atomic E-state index is 14.0. The Kier molecular flexibility index (Phi) is 3.35. The zero-order valence-corrected chi connectivity index (χ0v) is 11.3. The first-order valence-corrected chi connectivity index (χ1v) is 6.48. The van der Waals surface area contributed by atoms with Gasteiger partial charge in [0.2, 0.25) is 0 Å². The Labute approximate surface area is 120 Å². The van der Waals surface area contributed by atoms with E-state index in [-0.39, 0.29) is 23.6 Å². The highest BCUT2D eigenvalue weighted by Crippen LogP contribution is 2.26. The van der Waals surface area contributed by atoms with Crippen LogP contribution in [0.5, 0.6) is 0 Å². The number of hydrogen-bond acceptors (Lipinski definition) is 4. The Morgan fingerprint density at radius 1 is 1.29 bits per heavy atom. The maximum absolute atomic E-state index is 14.0. The van der Waals surface area contributed by atoms with Crippen LogP contribution in [-0.2, 0) is 4.74 Å². The van der Waals surface area contributed by atoms with Gasteiger partial charge in [0, 0.05) is 11.8 Å². The number of rotatable bonds is 3. The number of carbonyl (C=O) groups is 1. The Morgan fingerprint density at radius 3 is 2.86 bits per heavy atom. The minimum absolute atomic E-state index is 0.123. The van der Waals surface area contributed by atoms with Gasteiger partial charge in [-0.25, -0.2) is 18.7 Å². The normalized spacial score (nSPS) is 10.8. The summed E-state index contributed by atoms with van der Waals surface area (Å²) in [6.07, 6.45) is 1.53. The molecule has 0 saturated carbocycles. The predicted octanol–water partition coefficient (Wildman–Crippen LogP) is 2.71. The molecular weight excluding hydrogens is 273 g/mol. The van der Waals surface area contributed by atoms with E-state index in [1.165, 1.54) is 16.8 Å². The third kappa shape index (κ3) is 2.24. The molecule has 106 valence electrons. The van der Waals surface area contributed by atoms with Gasteiger partial charge in [0.1, 0.15) is 11.5 Å². The largest absolute Gasteiger partial charge is 0.461 e. The van der Waals surface area contributed by atoms with E-state index in [0.29, 0.717) is 5.65 Å². The van der Waals surface area contributed by atoms with Crippen molar-refractivity contribution < 1.29 is 13.9 Å². The fourth-order valence-corrected chi connectivity index (χ4v) is 2.11. The van der Waals surface area contributed by atoms with Crippen molar-refractivity contribution in [2.45, 2.75) is 6.92 Å². The summed E-state index contributed by atoms with van der Waals surface area (Å²) in [5.74, 6) is -1.03. The highest BCUT2D eigenvalue weighted by Gasteiger charge is 2.24. The van der Waals surface area contributed by atoms with Crippen molar-refractivity contribution in [1.29, 1.82) is 0 Å². The lowest BCUT2D eigenvalue weighted by Gasteiger charge is -2.04. The average Bonchev–Trinajstić information content (AvgIpc) is 2.87. The molecule has 0 bridgehead atoms. The monoisotopic (exact) mass is 285 g/mol. The van der Waals surface area contributed by atoms with Crippen LogP contribution in [0.25, 0.3) is 16.9 Å². The van der Waals surface area contributed by atoms with Crippen molar-refractivity contribution in [1.82, 2.24) is 14.6 Å². The molecule has 2 aromatic heterocycles. The minimum Gasteiger partial charge on any atom is -0.461 e. The topological polar surface area (TPSA) is 56.5 Å². The smallest absolute Gasteiger partial charge is 0.359 e. The summed E-state index contributed by atoms with van der Waals surface area (Å²) in [5, 5.41) is 4.09. The molecule has 0 aliphatic heterocycles. The third-order valence-corrected chi connectivity index (χ3v) is 2.99. The molecule has 0 aliphatic carbocycles. The van der Waals surface area contributed by atoms with Crippen molar-refractivity contribution in [2.75, 3.05) is 6.61 Å². The molecule has 3 aromatic rings. The fourth-order valence-electron chi connectivity index (χ4n) is 2.11. The van der Waals surface area contributed by atoms with E-state index in [1.807, 2.05) is 0 Å². The van der Waals surface area contributed by atoms with Crippen LogP contribution in [0.2, 0.25) is 0 Å². The SMILES string of the molecule is CCOC(=O)c1c(-c2ccccc2F)nc2cccnn12. The summed E-state index contributed by atoms with van der Waals surface area (Å²) in [6, 6.07) is 9.55. The molecule has 0 amide bonds. The summed E-state index contributed by atoms with van der Waals surface area (Å²) >= 11 is 0. The van der Waals surface area contributed by atoms with Crippen LogP contribution in [0.15, 0.2) is 42.6 Å². The fraction of sp³-hybridized carbons (Fsp3) is 0.133. The van der Waals surface area contributed by atoms with E-state index < -0.39 is 11.8 Å². The first kappa shape index (κ1) is 13.2. The lowest BCUT2D eigenvalue weighted by molar-refractivity contribution is 0.0517. The molecule has 0 aliphatic rings. The van der Waals surface area contributed by atoms with Crippen LogP contribution >= 0.6 is 0 Å². The number of benzene rings is 1. The zero-order chi connectivity index (χ0) is 14.8. The second-order valence-electron chi connectivity index (χ2n) is 4.30. The molecule has 0 atom stereocenters. The van der Waals surface area contributed by atoms with Gasteiger partial charge in [0.15, 0.2) is 11.3 Å². The molecule has 3 rings (SSSR count). The Morgan fingerprint density at radius 2 is 2.10 bits per heavy atom. The summed E-state index contributed by atoms with van der Waals surface area (Å²) in [4.78, 5) is 16.5. The van der Waals surface area contributed by atoms with Crippen LogP contribution in [-0.4, -0.2) is 27.2 Å². The molecule has 1 aromatic carbocycles. The van der Waals surface area contributed by atoms with Crippen LogP contribution < -0.4 is 0 Å². The summed E-state index contributed by atoms with van der Waals surface area (Å²) in [7, 11) is 0. The van der Waals surface area contributed by atoms with Gasteiger partial charge in [-0.3, -0.25) is 0 Å². The Hall–Kier alpha value is -2.76. The Balaban J connectivity index is 2.29. The highest BCUT2D eigenvalue weighted by atomic mass is 19.1. The van der Waals surface area contributed by atoms with Crippen molar-refractivity contribution in [3.05, 3.63) is 54.1 Å². The lowest BCUT2D eigenvalue weighted by Crippen LogP contribution is -2.11. The van der Waals surface area contributed by atoms with E-state index in [4.69, 9.17) is 4.74 Å². The van der Waals surface area contributed by atoms with Crippen molar-refractivity contribution >= 4 is 11.6 Å². The summed E-state index contributed by atoms with van der Waals surface area (Å²) in [6.45, 7) is 1.92. The van der Waals surface area contributed by atoms with Crippen molar-refractivity contribution in [2.24, 2.45) is 0 Å². The maximum Gasteiger partial charge on any atom is 0.359 e. The van der Waals surface area contributed by atoms with Crippen LogP contribution in [0.3, 0.4) is 0 Å². The standard InChI is InChI=1S/C15H12FN3O2/c1-2-21-15(20)14-13(10-6-3-4-7-11(10)16)18-12-8-5-9-17-19(12)14/h3-9H,2H2,1H3. The lowest BCUT2D eigenvalue weighted by atomic mass is 10.1. The number of halogens is 1. The van der Waals surface area contributed by atoms with Gasteiger partial charge in [-0.05, 0) is 31.2 Å². The van der Waals surface area contributed by atoms with Gasteiger partial charge < -0.3 is 4.74 Å². The number of imidazole rings is 1. The number of aromatic nitrogens is 3. The second kappa shape index (κ2) is 5.32. The van der Waals surface area contributed by atoms with E-state index >= 15 is 0 Å². The van der Waals surface area contributed by atoms with E-state index in [9.17, 15) is 9.18 Å². The summed E-state index contributed by atoms with van der Waals surface area (Å²) in [5.41, 5.74) is 1.05. The molecule has 0 fully saturated rings. The average molecular weight is 285 g/mol. The van der Waals surface area contributed by atoms with Crippen LogP contribution in [0.4, 0.5) is 4.39 Å². The number of esters is 1. The molecule has 6 heteroatoms. The van der Waals surface area contributed by atoms with Gasteiger partial charge in [-0.1, -0.05) is 12.1 Å². The van der Waals surface area contributed by atoms with Gasteiger partial charge in [0.05, 0.1) is 6.61 Å². The number of hydrogen-bond donors (Lipinski definition) is 0. The van der Waals surface area contributed by atoms with Crippen LogP contribution in [0, 0.1) is 5.82 Å². The molecule has 5 nitrogen and oxygen atoms in total. The van der Waals surface area contributed by atoms with E-state index in [1.54, 1.807) is 37.3 Å². The first-order valence-electron chi connectivity index (χ1n) is 6.48. The summed E-state index contributed by atoms with van der Waals surface area (Å²) < 4.78 is 20.4. The van der Waals surface area contributed by atoms with E-state index in [2.05, 4.69) is 10.1 Å². The van der Waals surface area contributed by atoms with Crippen molar-refractivity contribution in [3.63, 3.8) is 0 Å². The third-order valence-electron chi connectivity index (χ3n) is 2.99. The Bertz CT molecular complexity index is 814. The predicted molar refractivity (Wildman–Crippen MR) is 74.3 cm³/mol. The molecular formula is C15H12FN3O2. The van der Waals surface area contributed by atoms with Gasteiger partial charge in [0.25, 0.3) is 0 Å². The molecule has 0 saturated heterocycles. The second-order valence-corrected chi connectivity index (χ2v) is 4.30. The van der Waals surface area contributed by atoms with Crippen molar-refractivity contribution in [3.8, 4) is 11.3 Å². The number of carbonyl (C=O) groups excluding carboxylic acids is 1. The van der Waals surface area contributed by atoms with Gasteiger partial charge in [-0.15, -0.1) is 0 Å². The molecule has 0 radical (unpaired) electrons. The van der Waals surface area contributed by atoms with Gasteiger partial charge in [-0.2, -0.15) is 5.10 Å². The zero-order valence-electron chi connectivity index (χ0n) is 11.3. The number of ether oxygens (including phenoxy) is 1. The quantitative estimate of drug-likeness (QED) is 0.694. The molecule has 0 spiro atoms. The highest BCUT2D eigenvalue weighted by molar-refractivity contribution is 5.95. The first-order chi connectivity index (χ1) is 10.2. The van der Waals surface area contributed by atoms with Crippen LogP contribution in [0.1, 0.15) is 17.4 Å². The van der Waals surface area contributed by atoms with Gasteiger partial charge >= 0.3 is 5.97 Å². The minimum atomic E-state index is -0.582. The molecule has 0 N–H and O–H groups in total. The molecule has 21 heavy (non-hydrogen) atoms.